The molecule has 1 nitrogen and oxygen atoms in total. The van der Waals surface area contributed by atoms with E-state index in [1.807, 2.05) is 36.6 Å². The lowest BCUT2D eigenvalue weighted by Crippen LogP contribution is -1.92. The van der Waals surface area contributed by atoms with Crippen molar-refractivity contribution in [3.8, 4) is 0 Å². The van der Waals surface area contributed by atoms with Crippen LogP contribution in [-0.4, -0.2) is 12.0 Å². The second kappa shape index (κ2) is 8.15. The molecule has 104 valence electrons. The van der Waals surface area contributed by atoms with Gasteiger partial charge in [0.15, 0.2) is 5.78 Å². The van der Waals surface area contributed by atoms with Gasteiger partial charge in [-0.2, -0.15) is 0 Å². The fraction of sp³-hybridized carbons (Fsp3) is 0.0625. The van der Waals surface area contributed by atoms with Gasteiger partial charge < -0.3 is 0 Å². The number of benzene rings is 2. The van der Waals surface area contributed by atoms with Crippen LogP contribution in [0.5, 0.6) is 0 Å². The summed E-state index contributed by atoms with van der Waals surface area (Å²) in [6.07, 6.45) is 5.44. The summed E-state index contributed by atoms with van der Waals surface area (Å²) in [5, 5.41) is 0.633. The van der Waals surface area contributed by atoms with E-state index in [1.165, 1.54) is 4.90 Å². The number of rotatable bonds is 4. The molecule has 0 aromatic heterocycles. The largest absolute Gasteiger partial charge is 0.289 e. The van der Waals surface area contributed by atoms with Gasteiger partial charge in [-0.25, -0.2) is 0 Å². The van der Waals surface area contributed by atoms with Gasteiger partial charge in [0.2, 0.25) is 0 Å². The summed E-state index contributed by atoms with van der Waals surface area (Å²) in [6, 6.07) is 15.0. The number of halogens is 2. The maximum atomic E-state index is 11.9. The lowest BCUT2D eigenvalue weighted by molar-refractivity contribution is 0.104. The van der Waals surface area contributed by atoms with Crippen molar-refractivity contribution in [3.05, 3.63) is 70.8 Å². The van der Waals surface area contributed by atoms with Crippen LogP contribution in [0, 0.1) is 0 Å². The molecule has 20 heavy (non-hydrogen) atoms. The summed E-state index contributed by atoms with van der Waals surface area (Å²) >= 11 is 7.48. The first kappa shape index (κ1) is 16.8. The lowest BCUT2D eigenvalue weighted by atomic mass is 10.1. The predicted molar refractivity (Wildman–Crippen MR) is 90.3 cm³/mol. The smallest absolute Gasteiger partial charge is 0.185 e. The molecule has 0 aliphatic carbocycles. The van der Waals surface area contributed by atoms with Gasteiger partial charge in [0.25, 0.3) is 0 Å². The van der Waals surface area contributed by atoms with Gasteiger partial charge in [0.1, 0.15) is 0 Å². The summed E-state index contributed by atoms with van der Waals surface area (Å²) in [5.74, 6) is -0.0226. The molecule has 0 heterocycles. The van der Waals surface area contributed by atoms with Gasteiger partial charge in [0, 0.05) is 15.5 Å². The number of carbonyl (C=O) groups is 1. The first-order valence-corrected chi connectivity index (χ1v) is 7.41. The van der Waals surface area contributed by atoms with E-state index in [2.05, 4.69) is 0 Å². The zero-order valence-electron chi connectivity index (χ0n) is 10.9. The molecule has 0 unspecified atom stereocenters. The van der Waals surface area contributed by atoms with Gasteiger partial charge in [-0.1, -0.05) is 29.8 Å². The molecule has 0 aliphatic heterocycles. The molecular weight excluding hydrogens is 311 g/mol. The molecular formula is C16H14Cl2OS. The average molecular weight is 325 g/mol. The van der Waals surface area contributed by atoms with Gasteiger partial charge in [0.05, 0.1) is 0 Å². The predicted octanol–water partition coefficient (Wildman–Crippen LogP) is 5.38. The number of allylic oxidation sites excluding steroid dienone is 1. The zero-order valence-corrected chi connectivity index (χ0v) is 13.3. The highest BCUT2D eigenvalue weighted by Crippen LogP contribution is 2.16. The van der Waals surface area contributed by atoms with Gasteiger partial charge >= 0.3 is 0 Å². The van der Waals surface area contributed by atoms with Crippen molar-refractivity contribution in [2.75, 3.05) is 6.26 Å². The van der Waals surface area contributed by atoms with Crippen molar-refractivity contribution in [1.82, 2.24) is 0 Å². The Kier molecular flexibility index (Phi) is 6.86. The Hall–Kier alpha value is -1.22. The highest BCUT2D eigenvalue weighted by Gasteiger charge is 2.00. The van der Waals surface area contributed by atoms with Crippen LogP contribution in [0.4, 0.5) is 0 Å². The third kappa shape index (κ3) is 4.71. The summed E-state index contributed by atoms with van der Waals surface area (Å²) < 4.78 is 0. The molecule has 0 atom stereocenters. The molecule has 0 saturated heterocycles. The third-order valence-electron chi connectivity index (χ3n) is 2.67. The van der Waals surface area contributed by atoms with Crippen LogP contribution >= 0.6 is 35.8 Å². The monoisotopic (exact) mass is 324 g/mol. The molecule has 2 rings (SSSR count). The van der Waals surface area contributed by atoms with Gasteiger partial charge in [-0.15, -0.1) is 24.2 Å². The minimum absolute atomic E-state index is 0. The molecule has 0 saturated carbocycles. The average Bonchev–Trinajstić information content (AvgIpc) is 2.46. The van der Waals surface area contributed by atoms with E-state index >= 15 is 0 Å². The number of ketones is 1. The van der Waals surface area contributed by atoms with Gasteiger partial charge in [-0.3, -0.25) is 4.79 Å². The molecule has 4 heteroatoms. The molecule has 0 amide bonds. The minimum Gasteiger partial charge on any atom is -0.289 e. The fourth-order valence-electron chi connectivity index (χ4n) is 1.60. The SMILES string of the molecule is CSc1ccc(/C=C/C(=O)c2ccc(Cl)cc2)cc1.Cl. The van der Waals surface area contributed by atoms with E-state index in [9.17, 15) is 4.79 Å². The number of hydrogen-bond acceptors (Lipinski definition) is 2. The van der Waals surface area contributed by atoms with Crippen LogP contribution in [0.2, 0.25) is 5.02 Å². The summed E-state index contributed by atoms with van der Waals surface area (Å²) in [6.45, 7) is 0. The fourth-order valence-corrected chi connectivity index (χ4v) is 2.13. The maximum absolute atomic E-state index is 11.9. The van der Waals surface area contributed by atoms with Crippen LogP contribution in [0.1, 0.15) is 15.9 Å². The molecule has 0 radical (unpaired) electrons. The van der Waals surface area contributed by atoms with Crippen LogP contribution in [0.3, 0.4) is 0 Å². The van der Waals surface area contributed by atoms with Crippen LogP contribution in [0.15, 0.2) is 59.5 Å². The highest BCUT2D eigenvalue weighted by atomic mass is 35.5. The molecule has 0 aliphatic rings. The second-order valence-corrected chi connectivity index (χ2v) is 5.29. The Labute approximate surface area is 134 Å². The third-order valence-corrected chi connectivity index (χ3v) is 3.67. The molecule has 0 spiro atoms. The van der Waals surface area contributed by atoms with E-state index in [1.54, 1.807) is 42.1 Å². The van der Waals surface area contributed by atoms with Crippen molar-refractivity contribution < 1.29 is 4.79 Å². The van der Waals surface area contributed by atoms with Crippen molar-refractivity contribution in [3.63, 3.8) is 0 Å². The first-order valence-electron chi connectivity index (χ1n) is 5.81. The zero-order chi connectivity index (χ0) is 13.7. The van der Waals surface area contributed by atoms with Crippen LogP contribution in [-0.2, 0) is 0 Å². The maximum Gasteiger partial charge on any atom is 0.185 e. The topological polar surface area (TPSA) is 17.1 Å². The standard InChI is InChI=1S/C16H13ClOS.ClH/c1-19-15-9-2-12(3-10-15)4-11-16(18)13-5-7-14(17)8-6-13;/h2-11H,1H3;1H/b11-4+;. The molecule has 0 bridgehead atoms. The summed E-state index contributed by atoms with van der Waals surface area (Å²) in [7, 11) is 0. The Morgan fingerprint density at radius 1 is 1.05 bits per heavy atom. The second-order valence-electron chi connectivity index (χ2n) is 3.98. The van der Waals surface area contributed by atoms with E-state index in [0.717, 1.165) is 5.56 Å². The Morgan fingerprint density at radius 3 is 2.20 bits per heavy atom. The molecule has 2 aromatic rings. The van der Waals surface area contributed by atoms with Crippen LogP contribution in [0.25, 0.3) is 6.08 Å². The normalized spacial score (nSPS) is 10.3. The van der Waals surface area contributed by atoms with Crippen LogP contribution < -0.4 is 0 Å². The first-order chi connectivity index (χ1) is 9.19. The Morgan fingerprint density at radius 2 is 1.65 bits per heavy atom. The van der Waals surface area contributed by atoms with E-state index in [4.69, 9.17) is 11.6 Å². The van der Waals surface area contributed by atoms with Crippen molar-refractivity contribution >= 4 is 47.6 Å². The van der Waals surface area contributed by atoms with Crippen molar-refractivity contribution in [1.29, 1.82) is 0 Å². The number of hydrogen-bond donors (Lipinski definition) is 0. The van der Waals surface area contributed by atoms with Crippen molar-refractivity contribution in [2.45, 2.75) is 4.90 Å². The molecule has 0 N–H and O–H groups in total. The Balaban J connectivity index is 0.00000200. The minimum atomic E-state index is -0.0226. The number of thioether (sulfide) groups is 1. The van der Waals surface area contributed by atoms with E-state index in [-0.39, 0.29) is 18.2 Å². The van der Waals surface area contributed by atoms with Gasteiger partial charge in [-0.05, 0) is 54.3 Å². The lowest BCUT2D eigenvalue weighted by Gasteiger charge is -1.98. The number of carbonyl (C=O) groups excluding carboxylic acids is 1. The van der Waals surface area contributed by atoms with Crippen molar-refractivity contribution in [2.24, 2.45) is 0 Å². The highest BCUT2D eigenvalue weighted by molar-refractivity contribution is 7.98. The quantitative estimate of drug-likeness (QED) is 0.426. The summed E-state index contributed by atoms with van der Waals surface area (Å²) in [5.41, 5.74) is 1.65. The Bertz CT molecular complexity index is 589. The molecule has 0 fully saturated rings. The summed E-state index contributed by atoms with van der Waals surface area (Å²) in [4.78, 5) is 13.1. The van der Waals surface area contributed by atoms with E-state index in [0.29, 0.717) is 10.6 Å². The van der Waals surface area contributed by atoms with E-state index < -0.39 is 0 Å². The molecule has 2 aromatic carbocycles.